The number of H-pyrrole nitrogens is 1. The van der Waals surface area contributed by atoms with E-state index in [1.54, 1.807) is 0 Å². The van der Waals surface area contributed by atoms with Crippen LogP contribution >= 0.6 is 0 Å². The molecule has 1 fully saturated rings. The number of hydrogen-bond donors (Lipinski definition) is 2. The molecular weight excluding hydrogens is 264 g/mol. The standard InChI is InChI=1S/C13H15F2N5/c14-10-3-1-2-9(11(10)15)12-17-13(19-18-12)20-6-4-8(16)5-7-20/h1-3,8H,4-7,16H2,(H,17,18,19). The van der Waals surface area contributed by atoms with Gasteiger partial charge in [-0.2, -0.15) is 4.98 Å². The zero-order valence-electron chi connectivity index (χ0n) is 10.8. The van der Waals surface area contributed by atoms with Gasteiger partial charge in [0.05, 0.1) is 5.56 Å². The largest absolute Gasteiger partial charge is 0.339 e. The van der Waals surface area contributed by atoms with Crippen molar-refractivity contribution in [2.24, 2.45) is 5.73 Å². The fourth-order valence-corrected chi connectivity index (χ4v) is 2.30. The molecule has 0 aliphatic carbocycles. The third-order valence-corrected chi connectivity index (χ3v) is 3.50. The average molecular weight is 279 g/mol. The van der Waals surface area contributed by atoms with Crippen molar-refractivity contribution < 1.29 is 8.78 Å². The van der Waals surface area contributed by atoms with Crippen molar-refractivity contribution in [1.82, 2.24) is 15.2 Å². The van der Waals surface area contributed by atoms with Gasteiger partial charge in [0.25, 0.3) is 0 Å². The van der Waals surface area contributed by atoms with Gasteiger partial charge in [-0.15, -0.1) is 5.10 Å². The van der Waals surface area contributed by atoms with Gasteiger partial charge >= 0.3 is 0 Å². The van der Waals surface area contributed by atoms with E-state index in [1.807, 2.05) is 4.90 Å². The number of benzene rings is 1. The van der Waals surface area contributed by atoms with E-state index < -0.39 is 11.6 Å². The predicted molar refractivity (Wildman–Crippen MR) is 71.2 cm³/mol. The summed E-state index contributed by atoms with van der Waals surface area (Å²) in [6, 6.07) is 4.19. The van der Waals surface area contributed by atoms with E-state index in [0.717, 1.165) is 32.0 Å². The third-order valence-electron chi connectivity index (χ3n) is 3.50. The quantitative estimate of drug-likeness (QED) is 0.877. The lowest BCUT2D eigenvalue weighted by molar-refractivity contribution is 0.496. The maximum Gasteiger partial charge on any atom is 0.245 e. The highest BCUT2D eigenvalue weighted by Gasteiger charge is 2.21. The van der Waals surface area contributed by atoms with Crippen molar-refractivity contribution in [2.45, 2.75) is 18.9 Å². The highest BCUT2D eigenvalue weighted by Crippen LogP contribution is 2.23. The Morgan fingerprint density at radius 1 is 1.25 bits per heavy atom. The van der Waals surface area contributed by atoms with Crippen LogP contribution < -0.4 is 10.6 Å². The molecule has 1 aromatic carbocycles. The smallest absolute Gasteiger partial charge is 0.245 e. The van der Waals surface area contributed by atoms with E-state index in [0.29, 0.717) is 5.95 Å². The number of anilines is 1. The maximum atomic E-state index is 13.7. The first-order valence-electron chi connectivity index (χ1n) is 6.52. The Hall–Kier alpha value is -2.02. The van der Waals surface area contributed by atoms with Crippen LogP contribution in [0.2, 0.25) is 0 Å². The second kappa shape index (κ2) is 5.16. The molecule has 0 spiro atoms. The molecule has 3 N–H and O–H groups in total. The number of nitrogens with one attached hydrogen (secondary N) is 1. The molecule has 0 radical (unpaired) electrons. The van der Waals surface area contributed by atoms with E-state index in [9.17, 15) is 8.78 Å². The van der Waals surface area contributed by atoms with E-state index in [2.05, 4.69) is 15.2 Å². The van der Waals surface area contributed by atoms with Crippen LogP contribution in [0.1, 0.15) is 12.8 Å². The SMILES string of the molecule is NC1CCN(c2n[nH]c(-c3cccc(F)c3F)n2)CC1. The van der Waals surface area contributed by atoms with Crippen molar-refractivity contribution >= 4 is 5.95 Å². The molecule has 1 aliphatic heterocycles. The lowest BCUT2D eigenvalue weighted by atomic mass is 10.1. The van der Waals surface area contributed by atoms with Crippen LogP contribution in [0, 0.1) is 11.6 Å². The van der Waals surface area contributed by atoms with Gasteiger partial charge in [0.2, 0.25) is 5.95 Å². The lowest BCUT2D eigenvalue weighted by Crippen LogP contribution is -2.40. The molecule has 106 valence electrons. The summed E-state index contributed by atoms with van der Waals surface area (Å²) in [5, 5.41) is 6.73. The average Bonchev–Trinajstić information content (AvgIpc) is 2.92. The zero-order chi connectivity index (χ0) is 14.1. The molecular formula is C13H15F2N5. The van der Waals surface area contributed by atoms with E-state index in [-0.39, 0.29) is 17.4 Å². The van der Waals surface area contributed by atoms with E-state index in [1.165, 1.54) is 12.1 Å². The number of rotatable bonds is 2. The maximum absolute atomic E-state index is 13.7. The summed E-state index contributed by atoms with van der Waals surface area (Å²) >= 11 is 0. The van der Waals surface area contributed by atoms with Crippen molar-refractivity contribution in [3.05, 3.63) is 29.8 Å². The minimum Gasteiger partial charge on any atom is -0.339 e. The number of hydrogen-bond acceptors (Lipinski definition) is 4. The molecule has 20 heavy (non-hydrogen) atoms. The molecule has 0 atom stereocenters. The Labute approximate surface area is 114 Å². The van der Waals surface area contributed by atoms with Crippen LogP contribution in [-0.4, -0.2) is 34.3 Å². The lowest BCUT2D eigenvalue weighted by Gasteiger charge is -2.28. The van der Waals surface area contributed by atoms with Crippen LogP contribution in [0.4, 0.5) is 14.7 Å². The molecule has 2 heterocycles. The van der Waals surface area contributed by atoms with Crippen LogP contribution in [0.3, 0.4) is 0 Å². The Kier molecular flexibility index (Phi) is 3.35. The number of halogens is 2. The fraction of sp³-hybridized carbons (Fsp3) is 0.385. The van der Waals surface area contributed by atoms with Crippen molar-refractivity contribution in [1.29, 1.82) is 0 Å². The van der Waals surface area contributed by atoms with Gasteiger partial charge in [0.1, 0.15) is 0 Å². The summed E-state index contributed by atoms with van der Waals surface area (Å²) in [7, 11) is 0. The highest BCUT2D eigenvalue weighted by molar-refractivity contribution is 5.57. The van der Waals surface area contributed by atoms with Gasteiger partial charge < -0.3 is 10.6 Å². The summed E-state index contributed by atoms with van der Waals surface area (Å²) in [6.07, 6.45) is 1.75. The molecule has 1 saturated heterocycles. The first-order valence-corrected chi connectivity index (χ1v) is 6.52. The summed E-state index contributed by atoms with van der Waals surface area (Å²) in [4.78, 5) is 6.23. The summed E-state index contributed by atoms with van der Waals surface area (Å²) in [6.45, 7) is 1.54. The molecule has 2 aromatic rings. The van der Waals surface area contributed by atoms with Crippen LogP contribution in [0.15, 0.2) is 18.2 Å². The van der Waals surface area contributed by atoms with Crippen molar-refractivity contribution in [3.63, 3.8) is 0 Å². The summed E-state index contributed by atoms with van der Waals surface area (Å²) in [5.74, 6) is -1.09. The number of piperidine rings is 1. The zero-order valence-corrected chi connectivity index (χ0v) is 10.8. The summed E-state index contributed by atoms with van der Waals surface area (Å²) < 4.78 is 26.9. The second-order valence-electron chi connectivity index (χ2n) is 4.91. The minimum atomic E-state index is -0.920. The molecule has 1 aliphatic rings. The molecule has 5 nitrogen and oxygen atoms in total. The molecule has 0 bridgehead atoms. The highest BCUT2D eigenvalue weighted by atomic mass is 19.2. The monoisotopic (exact) mass is 279 g/mol. The Morgan fingerprint density at radius 3 is 2.75 bits per heavy atom. The number of nitrogens with two attached hydrogens (primary N) is 1. The van der Waals surface area contributed by atoms with Gasteiger partial charge in [-0.25, -0.2) is 8.78 Å². The van der Waals surface area contributed by atoms with Gasteiger partial charge in [-0.05, 0) is 25.0 Å². The number of nitrogens with zero attached hydrogens (tertiary/aromatic N) is 3. The molecule has 0 amide bonds. The predicted octanol–water partition coefficient (Wildman–Crippen LogP) is 1.68. The van der Waals surface area contributed by atoms with Crippen LogP contribution in [0.5, 0.6) is 0 Å². The first kappa shape index (κ1) is 13.0. The van der Waals surface area contributed by atoms with Crippen LogP contribution in [0.25, 0.3) is 11.4 Å². The van der Waals surface area contributed by atoms with Crippen molar-refractivity contribution in [2.75, 3.05) is 18.0 Å². The van der Waals surface area contributed by atoms with Gasteiger partial charge in [0.15, 0.2) is 17.5 Å². The Bertz CT molecular complexity index is 605. The third kappa shape index (κ3) is 2.36. The molecule has 7 heteroatoms. The molecule has 3 rings (SSSR count). The number of aromatic nitrogens is 3. The van der Waals surface area contributed by atoms with Gasteiger partial charge in [0, 0.05) is 19.1 Å². The molecule has 1 aromatic heterocycles. The minimum absolute atomic E-state index is 0.0810. The topological polar surface area (TPSA) is 70.8 Å². The van der Waals surface area contributed by atoms with Gasteiger partial charge in [-0.3, -0.25) is 5.10 Å². The first-order chi connectivity index (χ1) is 9.65. The number of aromatic amines is 1. The Morgan fingerprint density at radius 2 is 2.00 bits per heavy atom. The normalized spacial score (nSPS) is 16.6. The van der Waals surface area contributed by atoms with E-state index >= 15 is 0 Å². The summed E-state index contributed by atoms with van der Waals surface area (Å²) in [5.41, 5.74) is 5.92. The van der Waals surface area contributed by atoms with Crippen molar-refractivity contribution in [3.8, 4) is 11.4 Å². The van der Waals surface area contributed by atoms with E-state index in [4.69, 9.17) is 5.73 Å². The fourth-order valence-electron chi connectivity index (χ4n) is 2.30. The van der Waals surface area contributed by atoms with Gasteiger partial charge in [-0.1, -0.05) is 6.07 Å². The van der Waals surface area contributed by atoms with Crippen LogP contribution in [-0.2, 0) is 0 Å². The second-order valence-corrected chi connectivity index (χ2v) is 4.91. The Balaban J connectivity index is 1.85. The molecule has 0 unspecified atom stereocenters. The molecule has 0 saturated carbocycles.